The maximum atomic E-state index is 12.3. The third-order valence-corrected chi connectivity index (χ3v) is 5.09. The molecule has 0 heterocycles. The summed E-state index contributed by atoms with van der Waals surface area (Å²) in [5, 5.41) is 3.39. The van der Waals surface area contributed by atoms with Crippen molar-refractivity contribution in [3.05, 3.63) is 27.7 Å². The largest absolute Gasteiger partial charge is 0.494 e. The first-order valence-electron chi connectivity index (χ1n) is 8.37. The number of esters is 1. The maximum absolute atomic E-state index is 12.3. The lowest BCUT2D eigenvalue weighted by Gasteiger charge is -2.30. The van der Waals surface area contributed by atoms with E-state index >= 15 is 0 Å². The summed E-state index contributed by atoms with van der Waals surface area (Å²) in [6, 6.07) is 2.94. The first-order chi connectivity index (χ1) is 11.8. The van der Waals surface area contributed by atoms with E-state index in [1.807, 2.05) is 0 Å². The molecule has 0 aliphatic heterocycles. The van der Waals surface area contributed by atoms with Crippen molar-refractivity contribution in [1.29, 1.82) is 0 Å². The number of ether oxygens (including phenoxy) is 2. The van der Waals surface area contributed by atoms with Crippen LogP contribution in [0.3, 0.4) is 0 Å². The highest BCUT2D eigenvalue weighted by atomic mass is 35.5. The molecular weight excluding hydrogens is 365 g/mol. The van der Waals surface area contributed by atoms with Crippen LogP contribution in [0, 0.1) is 5.92 Å². The minimum Gasteiger partial charge on any atom is -0.494 e. The van der Waals surface area contributed by atoms with E-state index in [0.29, 0.717) is 5.92 Å². The summed E-state index contributed by atoms with van der Waals surface area (Å²) in [6.45, 7) is 3.68. The smallest absolute Gasteiger partial charge is 0.339 e. The standard InChI is InChI=1S/C18H23Cl2NO4/c1-10-6-4-5-7-15(10)21-17(22)11(2)25-18(23)12-8-13(19)16(24-3)14(20)9-12/h8-11,15H,4-7H2,1-3H3,(H,21,22)/t10-,11-,15+/m1/s1. The number of methoxy groups -OCH3 is 1. The number of amides is 1. The van der Waals surface area contributed by atoms with Crippen molar-refractivity contribution in [3.63, 3.8) is 0 Å². The highest BCUT2D eigenvalue weighted by Crippen LogP contribution is 2.34. The van der Waals surface area contributed by atoms with E-state index in [4.69, 9.17) is 32.7 Å². The van der Waals surface area contributed by atoms with Crippen molar-refractivity contribution in [1.82, 2.24) is 5.32 Å². The van der Waals surface area contributed by atoms with E-state index in [1.54, 1.807) is 6.92 Å². The van der Waals surface area contributed by atoms with Gasteiger partial charge in [-0.05, 0) is 37.8 Å². The second-order valence-electron chi connectivity index (χ2n) is 6.40. The summed E-state index contributed by atoms with van der Waals surface area (Å²) in [4.78, 5) is 24.6. The second-order valence-corrected chi connectivity index (χ2v) is 7.21. The van der Waals surface area contributed by atoms with E-state index in [-0.39, 0.29) is 33.3 Å². The molecule has 1 fully saturated rings. The van der Waals surface area contributed by atoms with Crippen LogP contribution in [-0.4, -0.2) is 31.1 Å². The molecule has 1 amide bonds. The Hall–Kier alpha value is -1.46. The van der Waals surface area contributed by atoms with Gasteiger partial charge in [0, 0.05) is 6.04 Å². The van der Waals surface area contributed by atoms with Crippen molar-refractivity contribution >= 4 is 35.1 Å². The number of carbonyl (C=O) groups excluding carboxylic acids is 2. The van der Waals surface area contributed by atoms with Crippen LogP contribution in [0.2, 0.25) is 10.0 Å². The Balaban J connectivity index is 1.98. The van der Waals surface area contributed by atoms with Crippen LogP contribution in [0.1, 0.15) is 49.9 Å². The predicted molar refractivity (Wildman–Crippen MR) is 97.5 cm³/mol. The second kappa shape index (κ2) is 8.77. The quantitative estimate of drug-likeness (QED) is 0.767. The number of nitrogens with one attached hydrogen (secondary N) is 1. The minimum atomic E-state index is -0.902. The molecule has 1 aromatic carbocycles. The molecular formula is C18H23Cl2NO4. The number of hydrogen-bond donors (Lipinski definition) is 1. The summed E-state index contributed by atoms with van der Waals surface area (Å²) >= 11 is 12.1. The normalized spacial score (nSPS) is 21.3. The highest BCUT2D eigenvalue weighted by molar-refractivity contribution is 6.37. The van der Waals surface area contributed by atoms with Crippen LogP contribution < -0.4 is 10.1 Å². The van der Waals surface area contributed by atoms with Gasteiger partial charge in [-0.15, -0.1) is 0 Å². The van der Waals surface area contributed by atoms with Crippen molar-refractivity contribution in [2.24, 2.45) is 5.92 Å². The van der Waals surface area contributed by atoms with Crippen molar-refractivity contribution in [3.8, 4) is 5.75 Å². The van der Waals surface area contributed by atoms with Gasteiger partial charge in [-0.3, -0.25) is 4.79 Å². The maximum Gasteiger partial charge on any atom is 0.339 e. The summed E-state index contributed by atoms with van der Waals surface area (Å²) in [7, 11) is 1.43. The molecule has 1 aromatic rings. The average Bonchev–Trinajstić information content (AvgIpc) is 2.56. The molecule has 0 unspecified atom stereocenters. The van der Waals surface area contributed by atoms with Crippen LogP contribution >= 0.6 is 23.2 Å². The Bertz CT molecular complexity index is 627. The lowest BCUT2D eigenvalue weighted by molar-refractivity contribution is -0.130. The third-order valence-electron chi connectivity index (χ3n) is 4.53. The summed E-state index contributed by atoms with van der Waals surface area (Å²) < 4.78 is 10.3. The van der Waals surface area contributed by atoms with Crippen LogP contribution in [-0.2, 0) is 9.53 Å². The zero-order valence-corrected chi connectivity index (χ0v) is 16.1. The van der Waals surface area contributed by atoms with Gasteiger partial charge in [0.2, 0.25) is 0 Å². The third kappa shape index (κ3) is 5.02. The van der Waals surface area contributed by atoms with Crippen LogP contribution in [0.15, 0.2) is 12.1 Å². The Morgan fingerprint density at radius 2 is 1.80 bits per heavy atom. The fraction of sp³-hybridized carbons (Fsp3) is 0.556. The molecule has 0 spiro atoms. The molecule has 3 atom stereocenters. The molecule has 0 saturated heterocycles. The lowest BCUT2D eigenvalue weighted by Crippen LogP contribution is -2.45. The van der Waals surface area contributed by atoms with Gasteiger partial charge >= 0.3 is 5.97 Å². The van der Waals surface area contributed by atoms with E-state index in [2.05, 4.69) is 12.2 Å². The van der Waals surface area contributed by atoms with E-state index in [9.17, 15) is 9.59 Å². The fourth-order valence-corrected chi connectivity index (χ4v) is 3.63. The fourth-order valence-electron chi connectivity index (χ4n) is 2.99. The number of hydrogen-bond acceptors (Lipinski definition) is 4. The Morgan fingerprint density at radius 3 is 2.36 bits per heavy atom. The van der Waals surface area contributed by atoms with Crippen LogP contribution in [0.5, 0.6) is 5.75 Å². The average molecular weight is 388 g/mol. The molecule has 1 N–H and O–H groups in total. The highest BCUT2D eigenvalue weighted by Gasteiger charge is 2.27. The molecule has 1 saturated carbocycles. The van der Waals surface area contributed by atoms with E-state index in [0.717, 1.165) is 19.3 Å². The van der Waals surface area contributed by atoms with Crippen LogP contribution in [0.25, 0.3) is 0 Å². The van der Waals surface area contributed by atoms with E-state index < -0.39 is 12.1 Å². The lowest BCUT2D eigenvalue weighted by atomic mass is 9.86. The minimum absolute atomic E-state index is 0.132. The number of carbonyl (C=O) groups is 2. The zero-order chi connectivity index (χ0) is 18.6. The SMILES string of the molecule is COc1c(Cl)cc(C(=O)O[C@H](C)C(=O)N[C@H]2CCCC[C@H]2C)cc1Cl. The van der Waals surface area contributed by atoms with Crippen molar-refractivity contribution < 1.29 is 19.1 Å². The summed E-state index contributed by atoms with van der Waals surface area (Å²) in [5.74, 6) is -0.236. The predicted octanol–water partition coefficient (Wildman–Crippen LogP) is 4.24. The first-order valence-corrected chi connectivity index (χ1v) is 9.13. The number of benzene rings is 1. The zero-order valence-electron chi connectivity index (χ0n) is 14.6. The molecule has 1 aliphatic carbocycles. The first kappa shape index (κ1) is 19.9. The van der Waals surface area contributed by atoms with Gasteiger partial charge in [0.1, 0.15) is 0 Å². The Labute approximate surface area is 158 Å². The Morgan fingerprint density at radius 1 is 1.20 bits per heavy atom. The molecule has 5 nitrogen and oxygen atoms in total. The van der Waals surface area contributed by atoms with Gasteiger partial charge < -0.3 is 14.8 Å². The molecule has 138 valence electrons. The molecule has 25 heavy (non-hydrogen) atoms. The van der Waals surface area contributed by atoms with Gasteiger partial charge in [0.15, 0.2) is 11.9 Å². The van der Waals surface area contributed by atoms with Crippen molar-refractivity contribution in [2.75, 3.05) is 7.11 Å². The van der Waals surface area contributed by atoms with Gasteiger partial charge in [-0.2, -0.15) is 0 Å². The van der Waals surface area contributed by atoms with Crippen molar-refractivity contribution in [2.45, 2.75) is 51.7 Å². The van der Waals surface area contributed by atoms with E-state index in [1.165, 1.54) is 25.7 Å². The topological polar surface area (TPSA) is 64.6 Å². The summed E-state index contributed by atoms with van der Waals surface area (Å²) in [5.41, 5.74) is 0.168. The van der Waals surface area contributed by atoms with Gasteiger partial charge in [0.05, 0.1) is 22.7 Å². The molecule has 0 radical (unpaired) electrons. The van der Waals surface area contributed by atoms with Crippen LogP contribution in [0.4, 0.5) is 0 Å². The monoisotopic (exact) mass is 387 g/mol. The summed E-state index contributed by atoms with van der Waals surface area (Å²) in [6.07, 6.45) is 3.45. The Kier molecular flexibility index (Phi) is 6.96. The van der Waals surface area contributed by atoms with Gasteiger partial charge in [-0.25, -0.2) is 4.79 Å². The van der Waals surface area contributed by atoms with Gasteiger partial charge in [-0.1, -0.05) is 43.0 Å². The van der Waals surface area contributed by atoms with Gasteiger partial charge in [0.25, 0.3) is 5.91 Å². The molecule has 1 aliphatic rings. The number of rotatable bonds is 5. The molecule has 2 rings (SSSR count). The molecule has 0 bridgehead atoms. The molecule has 7 heteroatoms. The molecule has 0 aromatic heterocycles. The number of halogens is 2.